The number of hydrogen-bond acceptors (Lipinski definition) is 1. The van der Waals surface area contributed by atoms with Crippen LogP contribution in [0.5, 0.6) is 0 Å². The monoisotopic (exact) mass is 154 g/mol. The van der Waals surface area contributed by atoms with Crippen molar-refractivity contribution in [1.29, 1.82) is 0 Å². The van der Waals surface area contributed by atoms with E-state index in [2.05, 4.69) is 6.92 Å². The molecule has 1 saturated carbocycles. The topological polar surface area (TPSA) is 17.1 Å². The highest BCUT2D eigenvalue weighted by atomic mass is 16.1. The van der Waals surface area contributed by atoms with Gasteiger partial charge in [-0.2, -0.15) is 0 Å². The Morgan fingerprint density at radius 1 is 1.36 bits per heavy atom. The minimum atomic E-state index is 0.773. The molecule has 1 rings (SSSR count). The van der Waals surface area contributed by atoms with Crippen LogP contribution in [0.15, 0.2) is 0 Å². The first-order chi connectivity index (χ1) is 5.34. The van der Waals surface area contributed by atoms with Gasteiger partial charge in [-0.3, -0.25) is 0 Å². The summed E-state index contributed by atoms with van der Waals surface area (Å²) in [6, 6.07) is 0. The van der Waals surface area contributed by atoms with Crippen LogP contribution in [0.25, 0.3) is 0 Å². The van der Waals surface area contributed by atoms with Crippen LogP contribution < -0.4 is 0 Å². The first-order valence-corrected chi connectivity index (χ1v) is 4.78. The summed E-state index contributed by atoms with van der Waals surface area (Å²) < 4.78 is 0. The highest BCUT2D eigenvalue weighted by Gasteiger charge is 2.20. The zero-order valence-electron chi connectivity index (χ0n) is 7.38. The quantitative estimate of drug-likeness (QED) is 0.571. The molecule has 0 spiro atoms. The van der Waals surface area contributed by atoms with Crippen molar-refractivity contribution >= 4 is 6.29 Å². The van der Waals surface area contributed by atoms with Crippen molar-refractivity contribution in [3.05, 3.63) is 0 Å². The molecule has 0 aromatic carbocycles. The molecule has 0 N–H and O–H groups in total. The first kappa shape index (κ1) is 8.76. The van der Waals surface area contributed by atoms with Crippen molar-refractivity contribution in [2.45, 2.75) is 45.4 Å². The van der Waals surface area contributed by atoms with Crippen LogP contribution in [-0.4, -0.2) is 6.29 Å². The summed E-state index contributed by atoms with van der Waals surface area (Å²) in [5, 5.41) is 0. The maximum atomic E-state index is 10.2. The summed E-state index contributed by atoms with van der Waals surface area (Å²) in [6.07, 6.45) is 8.48. The fourth-order valence-corrected chi connectivity index (χ4v) is 2.10. The van der Waals surface area contributed by atoms with Gasteiger partial charge in [-0.15, -0.1) is 0 Å². The number of carbonyl (C=O) groups is 1. The zero-order chi connectivity index (χ0) is 8.10. The van der Waals surface area contributed by atoms with E-state index >= 15 is 0 Å². The van der Waals surface area contributed by atoms with E-state index in [-0.39, 0.29) is 0 Å². The van der Waals surface area contributed by atoms with E-state index in [4.69, 9.17) is 0 Å². The van der Waals surface area contributed by atoms with Crippen LogP contribution in [0.1, 0.15) is 45.4 Å². The van der Waals surface area contributed by atoms with E-state index in [0.29, 0.717) is 0 Å². The van der Waals surface area contributed by atoms with Crippen molar-refractivity contribution in [2.75, 3.05) is 0 Å². The van der Waals surface area contributed by atoms with Crippen LogP contribution in [0, 0.1) is 11.8 Å². The lowest BCUT2D eigenvalue weighted by atomic mass is 9.78. The van der Waals surface area contributed by atoms with Gasteiger partial charge < -0.3 is 4.79 Å². The van der Waals surface area contributed by atoms with Crippen molar-refractivity contribution < 1.29 is 4.79 Å². The number of hydrogen-bond donors (Lipinski definition) is 0. The molecule has 64 valence electrons. The van der Waals surface area contributed by atoms with Gasteiger partial charge in [0, 0.05) is 6.42 Å². The number of carbonyl (C=O) groups excluding carboxylic acids is 1. The van der Waals surface area contributed by atoms with Crippen molar-refractivity contribution in [3.8, 4) is 0 Å². The third kappa shape index (κ3) is 2.64. The molecule has 11 heavy (non-hydrogen) atoms. The van der Waals surface area contributed by atoms with Crippen LogP contribution in [0.3, 0.4) is 0 Å². The molecule has 0 aromatic heterocycles. The fourth-order valence-electron chi connectivity index (χ4n) is 2.10. The molecular formula is C10H18O. The Balaban J connectivity index is 2.23. The molecule has 0 saturated heterocycles. The molecule has 0 amide bonds. The second kappa shape index (κ2) is 4.53. The summed E-state index contributed by atoms with van der Waals surface area (Å²) in [5.74, 6) is 1.71. The molecule has 0 aliphatic heterocycles. The summed E-state index contributed by atoms with van der Waals surface area (Å²) in [6.45, 7) is 2.33. The average molecular weight is 154 g/mol. The van der Waals surface area contributed by atoms with E-state index in [1.807, 2.05) is 0 Å². The van der Waals surface area contributed by atoms with Gasteiger partial charge in [-0.1, -0.05) is 32.6 Å². The predicted octanol–water partition coefficient (Wildman–Crippen LogP) is 2.79. The summed E-state index contributed by atoms with van der Waals surface area (Å²) in [5.41, 5.74) is 0. The number of rotatable bonds is 3. The Morgan fingerprint density at radius 3 is 2.73 bits per heavy atom. The molecule has 2 atom stereocenters. The van der Waals surface area contributed by atoms with Gasteiger partial charge in [-0.05, 0) is 18.3 Å². The van der Waals surface area contributed by atoms with Gasteiger partial charge >= 0.3 is 0 Å². The average Bonchev–Trinajstić information content (AvgIpc) is 2.03. The Labute approximate surface area is 69.2 Å². The molecule has 1 aliphatic carbocycles. The highest BCUT2D eigenvalue weighted by molar-refractivity contribution is 5.49. The molecular weight excluding hydrogens is 136 g/mol. The molecule has 0 aromatic rings. The van der Waals surface area contributed by atoms with Crippen LogP contribution in [-0.2, 0) is 4.79 Å². The third-order valence-electron chi connectivity index (χ3n) is 2.94. The van der Waals surface area contributed by atoms with Crippen LogP contribution >= 0.6 is 0 Å². The molecule has 0 bridgehead atoms. The SMILES string of the molecule is C[C@@H]1CCCC[C@H]1CCC=O. The molecule has 1 heteroatoms. The lowest BCUT2D eigenvalue weighted by Gasteiger charge is -2.27. The van der Waals surface area contributed by atoms with E-state index in [1.54, 1.807) is 0 Å². The van der Waals surface area contributed by atoms with Crippen LogP contribution in [0.2, 0.25) is 0 Å². The van der Waals surface area contributed by atoms with Crippen molar-refractivity contribution in [1.82, 2.24) is 0 Å². The lowest BCUT2D eigenvalue weighted by molar-refractivity contribution is -0.108. The molecule has 0 radical (unpaired) electrons. The maximum Gasteiger partial charge on any atom is 0.120 e. The second-order valence-electron chi connectivity index (χ2n) is 3.77. The van der Waals surface area contributed by atoms with Gasteiger partial charge in [0.25, 0.3) is 0 Å². The first-order valence-electron chi connectivity index (χ1n) is 4.78. The van der Waals surface area contributed by atoms with Gasteiger partial charge in [0.15, 0.2) is 0 Å². The maximum absolute atomic E-state index is 10.2. The molecule has 0 unspecified atom stereocenters. The summed E-state index contributed by atoms with van der Waals surface area (Å²) >= 11 is 0. The largest absolute Gasteiger partial charge is 0.303 e. The fraction of sp³-hybridized carbons (Fsp3) is 0.900. The van der Waals surface area contributed by atoms with Gasteiger partial charge in [0.1, 0.15) is 6.29 Å². The Kier molecular flexibility index (Phi) is 3.61. The minimum absolute atomic E-state index is 0.773. The molecule has 1 fully saturated rings. The van der Waals surface area contributed by atoms with Gasteiger partial charge in [0.2, 0.25) is 0 Å². The molecule has 1 nitrogen and oxygen atoms in total. The molecule has 1 aliphatic rings. The van der Waals surface area contributed by atoms with Crippen molar-refractivity contribution in [2.24, 2.45) is 11.8 Å². The second-order valence-corrected chi connectivity index (χ2v) is 3.77. The lowest BCUT2D eigenvalue weighted by Crippen LogP contribution is -2.16. The smallest absolute Gasteiger partial charge is 0.120 e. The third-order valence-corrected chi connectivity index (χ3v) is 2.94. The summed E-state index contributed by atoms with van der Waals surface area (Å²) in [7, 11) is 0. The standard InChI is InChI=1S/C10H18O/c1-9-5-2-3-6-10(9)7-4-8-11/h8-10H,2-7H2,1H3/t9-,10+/m1/s1. The van der Waals surface area contributed by atoms with E-state index < -0.39 is 0 Å². The Hall–Kier alpha value is -0.330. The van der Waals surface area contributed by atoms with E-state index in [9.17, 15) is 4.79 Å². The van der Waals surface area contributed by atoms with E-state index in [0.717, 1.165) is 31.0 Å². The zero-order valence-corrected chi connectivity index (χ0v) is 7.38. The van der Waals surface area contributed by atoms with Crippen LogP contribution in [0.4, 0.5) is 0 Å². The Morgan fingerprint density at radius 2 is 2.09 bits per heavy atom. The Bertz CT molecular complexity index is 120. The summed E-state index contributed by atoms with van der Waals surface area (Å²) in [4.78, 5) is 10.2. The van der Waals surface area contributed by atoms with Gasteiger partial charge in [-0.25, -0.2) is 0 Å². The normalized spacial score (nSPS) is 31.7. The number of aldehydes is 1. The highest BCUT2D eigenvalue weighted by Crippen LogP contribution is 2.32. The molecule has 0 heterocycles. The predicted molar refractivity (Wildman–Crippen MR) is 46.4 cm³/mol. The van der Waals surface area contributed by atoms with Crippen molar-refractivity contribution in [3.63, 3.8) is 0 Å². The van der Waals surface area contributed by atoms with Gasteiger partial charge in [0.05, 0.1) is 0 Å². The minimum Gasteiger partial charge on any atom is -0.303 e. The van der Waals surface area contributed by atoms with E-state index in [1.165, 1.54) is 25.7 Å².